The molecule has 0 saturated heterocycles. The average molecular weight is 264 g/mol. The Morgan fingerprint density at radius 2 is 1.67 bits per heavy atom. The highest BCUT2D eigenvalue weighted by molar-refractivity contribution is 6.30. The normalized spacial score (nSPS) is 12.4. The van der Waals surface area contributed by atoms with Crippen LogP contribution >= 0.6 is 11.6 Å². The zero-order valence-corrected chi connectivity index (χ0v) is 10.7. The molecular formula is C15H15ClFN. The summed E-state index contributed by atoms with van der Waals surface area (Å²) in [6.07, 6.45) is 1.39. The molecule has 0 fully saturated rings. The van der Waals surface area contributed by atoms with Crippen LogP contribution in [-0.2, 0) is 12.8 Å². The third kappa shape index (κ3) is 3.83. The summed E-state index contributed by atoms with van der Waals surface area (Å²) in [6.45, 7) is 0. The molecule has 2 N–H and O–H groups in total. The van der Waals surface area contributed by atoms with Crippen molar-refractivity contribution < 1.29 is 4.39 Å². The van der Waals surface area contributed by atoms with Crippen molar-refractivity contribution in [1.29, 1.82) is 0 Å². The van der Waals surface area contributed by atoms with Gasteiger partial charge in [0, 0.05) is 11.1 Å². The first kappa shape index (κ1) is 13.1. The zero-order valence-electron chi connectivity index (χ0n) is 9.94. The third-order valence-corrected chi connectivity index (χ3v) is 2.98. The fourth-order valence-electron chi connectivity index (χ4n) is 2.02. The van der Waals surface area contributed by atoms with Gasteiger partial charge < -0.3 is 5.73 Å². The second-order valence-corrected chi connectivity index (χ2v) is 4.87. The Kier molecular flexibility index (Phi) is 4.34. The quantitative estimate of drug-likeness (QED) is 0.896. The molecule has 0 aromatic heterocycles. The first-order valence-corrected chi connectivity index (χ1v) is 6.26. The highest BCUT2D eigenvalue weighted by Gasteiger charge is 2.07. The van der Waals surface area contributed by atoms with Crippen molar-refractivity contribution in [1.82, 2.24) is 0 Å². The van der Waals surface area contributed by atoms with Crippen LogP contribution in [0.5, 0.6) is 0 Å². The number of halogens is 2. The Morgan fingerprint density at radius 1 is 1.00 bits per heavy atom. The predicted octanol–water partition coefficient (Wildman–Crippen LogP) is 3.59. The lowest BCUT2D eigenvalue weighted by molar-refractivity contribution is 0.618. The molecule has 2 rings (SSSR count). The van der Waals surface area contributed by atoms with Crippen LogP contribution in [-0.4, -0.2) is 6.04 Å². The van der Waals surface area contributed by atoms with Crippen LogP contribution in [0.25, 0.3) is 0 Å². The number of hydrogen-bond donors (Lipinski definition) is 1. The molecule has 0 aliphatic heterocycles. The van der Waals surface area contributed by atoms with E-state index in [1.807, 2.05) is 30.3 Å². The van der Waals surface area contributed by atoms with Gasteiger partial charge in [0.25, 0.3) is 0 Å². The Hall–Kier alpha value is -1.38. The molecule has 0 saturated carbocycles. The van der Waals surface area contributed by atoms with Crippen molar-refractivity contribution in [2.75, 3.05) is 0 Å². The lowest BCUT2D eigenvalue weighted by atomic mass is 10.00. The third-order valence-electron chi connectivity index (χ3n) is 2.76. The van der Waals surface area contributed by atoms with E-state index in [-0.39, 0.29) is 11.9 Å². The van der Waals surface area contributed by atoms with E-state index >= 15 is 0 Å². The van der Waals surface area contributed by atoms with Gasteiger partial charge >= 0.3 is 0 Å². The van der Waals surface area contributed by atoms with Gasteiger partial charge in [0.2, 0.25) is 0 Å². The average Bonchev–Trinajstić information content (AvgIpc) is 2.28. The highest BCUT2D eigenvalue weighted by atomic mass is 35.5. The van der Waals surface area contributed by atoms with Crippen molar-refractivity contribution >= 4 is 11.6 Å². The fourth-order valence-corrected chi connectivity index (χ4v) is 2.26. The minimum atomic E-state index is -0.315. The lowest BCUT2D eigenvalue weighted by Gasteiger charge is -2.12. The largest absolute Gasteiger partial charge is 0.327 e. The van der Waals surface area contributed by atoms with E-state index in [0.717, 1.165) is 12.0 Å². The van der Waals surface area contributed by atoms with Crippen LogP contribution < -0.4 is 5.73 Å². The maximum atomic E-state index is 13.2. The Bertz CT molecular complexity index is 493. The summed E-state index contributed by atoms with van der Waals surface area (Å²) < 4.78 is 13.2. The fraction of sp³-hybridized carbons (Fsp3) is 0.200. The summed E-state index contributed by atoms with van der Waals surface area (Å²) in [6, 6.07) is 14.5. The Balaban J connectivity index is 2.01. The number of rotatable bonds is 4. The topological polar surface area (TPSA) is 26.0 Å². The second-order valence-electron chi connectivity index (χ2n) is 4.43. The van der Waals surface area contributed by atoms with Crippen LogP contribution in [0.3, 0.4) is 0 Å². The van der Waals surface area contributed by atoms with Crippen LogP contribution in [0.4, 0.5) is 4.39 Å². The number of benzene rings is 2. The molecule has 94 valence electrons. The van der Waals surface area contributed by atoms with Crippen molar-refractivity contribution in [2.45, 2.75) is 18.9 Å². The van der Waals surface area contributed by atoms with Crippen LogP contribution in [0.2, 0.25) is 5.02 Å². The maximum absolute atomic E-state index is 13.2. The summed E-state index contributed by atoms with van der Waals surface area (Å²) in [7, 11) is 0. The number of nitrogens with two attached hydrogens (primary N) is 1. The first-order chi connectivity index (χ1) is 8.63. The monoisotopic (exact) mass is 263 g/mol. The summed E-state index contributed by atoms with van der Waals surface area (Å²) >= 11 is 5.81. The van der Waals surface area contributed by atoms with Crippen molar-refractivity contribution in [3.8, 4) is 0 Å². The van der Waals surface area contributed by atoms with E-state index in [2.05, 4.69) is 0 Å². The van der Waals surface area contributed by atoms with Crippen molar-refractivity contribution in [3.05, 3.63) is 70.5 Å². The summed E-state index contributed by atoms with van der Waals surface area (Å²) in [5.41, 5.74) is 8.10. The zero-order chi connectivity index (χ0) is 13.0. The van der Waals surface area contributed by atoms with Gasteiger partial charge in [0.15, 0.2) is 0 Å². The SMILES string of the molecule is NC(Cc1ccccc1)Cc1cc(F)cc(Cl)c1. The van der Waals surface area contributed by atoms with Crippen LogP contribution in [0.15, 0.2) is 48.5 Å². The van der Waals surface area contributed by atoms with Gasteiger partial charge in [-0.1, -0.05) is 41.9 Å². The van der Waals surface area contributed by atoms with Gasteiger partial charge in [-0.15, -0.1) is 0 Å². The maximum Gasteiger partial charge on any atom is 0.124 e. The minimum absolute atomic E-state index is 0.0368. The molecule has 18 heavy (non-hydrogen) atoms. The molecule has 1 nitrogen and oxygen atoms in total. The Morgan fingerprint density at radius 3 is 2.33 bits per heavy atom. The van der Waals surface area contributed by atoms with E-state index in [1.165, 1.54) is 17.7 Å². The summed E-state index contributed by atoms with van der Waals surface area (Å²) in [5.74, 6) is -0.315. The second kappa shape index (κ2) is 5.98. The molecule has 0 spiro atoms. The van der Waals surface area contributed by atoms with Gasteiger partial charge in [0.05, 0.1) is 0 Å². The van der Waals surface area contributed by atoms with E-state index < -0.39 is 0 Å². The molecule has 3 heteroatoms. The molecular weight excluding hydrogens is 249 g/mol. The van der Waals surface area contributed by atoms with Gasteiger partial charge in [0.1, 0.15) is 5.82 Å². The summed E-state index contributed by atoms with van der Waals surface area (Å²) in [4.78, 5) is 0. The molecule has 2 aromatic rings. The minimum Gasteiger partial charge on any atom is -0.327 e. The van der Waals surface area contributed by atoms with Gasteiger partial charge in [-0.25, -0.2) is 4.39 Å². The molecule has 1 atom stereocenters. The van der Waals surface area contributed by atoms with E-state index in [0.29, 0.717) is 11.4 Å². The summed E-state index contributed by atoms with van der Waals surface area (Å²) in [5, 5.41) is 0.414. The standard InChI is InChI=1S/C15H15ClFN/c16-13-6-12(7-14(17)10-13)9-15(18)8-11-4-2-1-3-5-11/h1-7,10,15H,8-9,18H2. The van der Waals surface area contributed by atoms with E-state index in [9.17, 15) is 4.39 Å². The molecule has 0 aliphatic rings. The van der Waals surface area contributed by atoms with Crippen molar-refractivity contribution in [3.63, 3.8) is 0 Å². The molecule has 0 heterocycles. The lowest BCUT2D eigenvalue weighted by Crippen LogP contribution is -2.25. The molecule has 0 radical (unpaired) electrons. The van der Waals surface area contributed by atoms with Crippen molar-refractivity contribution in [2.24, 2.45) is 5.73 Å². The van der Waals surface area contributed by atoms with Crippen LogP contribution in [0.1, 0.15) is 11.1 Å². The van der Waals surface area contributed by atoms with Crippen LogP contribution in [0, 0.1) is 5.82 Å². The molecule has 0 aliphatic carbocycles. The van der Waals surface area contributed by atoms with E-state index in [1.54, 1.807) is 6.07 Å². The van der Waals surface area contributed by atoms with E-state index in [4.69, 9.17) is 17.3 Å². The first-order valence-electron chi connectivity index (χ1n) is 5.88. The van der Waals surface area contributed by atoms with Gasteiger partial charge in [-0.2, -0.15) is 0 Å². The number of hydrogen-bond acceptors (Lipinski definition) is 1. The Labute approximate surface area is 111 Å². The molecule has 1 unspecified atom stereocenters. The van der Waals surface area contributed by atoms with Gasteiger partial charge in [-0.3, -0.25) is 0 Å². The molecule has 0 bridgehead atoms. The predicted molar refractivity (Wildman–Crippen MR) is 73.2 cm³/mol. The van der Waals surface area contributed by atoms with Gasteiger partial charge in [-0.05, 0) is 42.2 Å². The highest BCUT2D eigenvalue weighted by Crippen LogP contribution is 2.16. The smallest absolute Gasteiger partial charge is 0.124 e. The molecule has 2 aromatic carbocycles. The molecule has 0 amide bonds.